The first-order valence-corrected chi connectivity index (χ1v) is 11.0. The van der Waals surface area contributed by atoms with Crippen molar-refractivity contribution in [2.24, 2.45) is 0 Å². The predicted octanol–water partition coefficient (Wildman–Crippen LogP) is 8.10. The summed E-state index contributed by atoms with van der Waals surface area (Å²) in [5, 5.41) is 0. The van der Waals surface area contributed by atoms with Crippen LogP contribution in [-0.4, -0.2) is 0 Å². The molecule has 0 nitrogen and oxygen atoms in total. The van der Waals surface area contributed by atoms with Crippen LogP contribution < -0.4 is 0 Å². The molecule has 128 valence electrons. The fourth-order valence-corrected chi connectivity index (χ4v) is 5.56. The molecule has 2 aromatic heterocycles. The second-order valence-corrected chi connectivity index (χ2v) is 8.92. The van der Waals surface area contributed by atoms with E-state index in [0.29, 0.717) is 0 Å². The molecule has 2 heteroatoms. The van der Waals surface area contributed by atoms with Gasteiger partial charge >= 0.3 is 0 Å². The van der Waals surface area contributed by atoms with Gasteiger partial charge in [-0.2, -0.15) is 0 Å². The zero-order chi connectivity index (χ0) is 16.8. The third kappa shape index (κ3) is 4.49. The maximum absolute atomic E-state index is 2.43. The molecule has 0 bridgehead atoms. The van der Waals surface area contributed by atoms with Gasteiger partial charge < -0.3 is 0 Å². The molecule has 0 fully saturated rings. The van der Waals surface area contributed by atoms with Crippen molar-refractivity contribution in [3.8, 4) is 10.4 Å². The third-order valence-corrected chi connectivity index (χ3v) is 6.99. The quantitative estimate of drug-likeness (QED) is 0.340. The Morgan fingerprint density at radius 3 is 2.17 bits per heavy atom. The van der Waals surface area contributed by atoms with Crippen molar-refractivity contribution < 1.29 is 0 Å². The normalized spacial score (nSPS) is 11.4. The van der Waals surface area contributed by atoms with E-state index in [0.717, 1.165) is 0 Å². The summed E-state index contributed by atoms with van der Waals surface area (Å²) < 4.78 is 2.94. The van der Waals surface area contributed by atoms with Gasteiger partial charge in [-0.1, -0.05) is 63.8 Å². The van der Waals surface area contributed by atoms with Gasteiger partial charge in [-0.05, 0) is 48.9 Å². The first-order chi connectivity index (χ1) is 11.8. The largest absolute Gasteiger partial charge is 0.139 e. The van der Waals surface area contributed by atoms with Gasteiger partial charge in [0.25, 0.3) is 0 Å². The Hall–Kier alpha value is -1.12. The van der Waals surface area contributed by atoms with Crippen LogP contribution in [0.5, 0.6) is 0 Å². The Bertz CT molecular complexity index is 714. The average Bonchev–Trinajstić information content (AvgIpc) is 3.16. The molecule has 3 rings (SSSR count). The third-order valence-electron chi connectivity index (χ3n) is 4.59. The highest BCUT2D eigenvalue weighted by Crippen LogP contribution is 2.38. The lowest BCUT2D eigenvalue weighted by molar-refractivity contribution is 0.670. The van der Waals surface area contributed by atoms with E-state index in [4.69, 9.17) is 0 Å². The number of rotatable bonds is 9. The molecule has 0 aliphatic rings. The maximum Gasteiger partial charge on any atom is 0.0460 e. The molecule has 0 aliphatic carbocycles. The molecule has 0 atom stereocenters. The fourth-order valence-electron chi connectivity index (χ4n) is 3.09. The van der Waals surface area contributed by atoms with Crippen molar-refractivity contribution in [3.63, 3.8) is 0 Å². The molecule has 0 unspecified atom stereocenters. The van der Waals surface area contributed by atoms with Gasteiger partial charge in [0.05, 0.1) is 0 Å². The summed E-state index contributed by atoms with van der Waals surface area (Å²) >= 11 is 3.94. The van der Waals surface area contributed by atoms with Crippen LogP contribution in [0.4, 0.5) is 0 Å². The Labute approximate surface area is 154 Å². The summed E-state index contributed by atoms with van der Waals surface area (Å²) in [6, 6.07) is 14.0. The van der Waals surface area contributed by atoms with E-state index in [9.17, 15) is 0 Å². The SMILES string of the molecule is CCCCCCc1cc2sc(-c3ccc(CCCC)cc3)cc2s1. The van der Waals surface area contributed by atoms with Gasteiger partial charge in [-0.25, -0.2) is 0 Å². The lowest BCUT2D eigenvalue weighted by atomic mass is 10.1. The number of hydrogen-bond donors (Lipinski definition) is 0. The first kappa shape index (κ1) is 17.7. The molecule has 0 saturated carbocycles. The smallest absolute Gasteiger partial charge is 0.0460 e. The first-order valence-electron chi connectivity index (χ1n) is 9.41. The molecule has 1 aromatic carbocycles. The highest BCUT2D eigenvalue weighted by Gasteiger charge is 2.08. The monoisotopic (exact) mass is 356 g/mol. The Morgan fingerprint density at radius 1 is 0.708 bits per heavy atom. The summed E-state index contributed by atoms with van der Waals surface area (Å²) in [7, 11) is 0. The van der Waals surface area contributed by atoms with Crippen LogP contribution in [0.15, 0.2) is 36.4 Å². The molecule has 2 heterocycles. The fraction of sp³-hybridized carbons (Fsp3) is 0.455. The summed E-state index contributed by atoms with van der Waals surface area (Å²) in [5.41, 5.74) is 2.83. The van der Waals surface area contributed by atoms with Crippen LogP contribution in [0.25, 0.3) is 19.8 Å². The Kier molecular flexibility index (Phi) is 6.51. The van der Waals surface area contributed by atoms with Crippen LogP contribution in [-0.2, 0) is 12.8 Å². The number of unbranched alkanes of at least 4 members (excludes halogenated alkanes) is 4. The maximum atomic E-state index is 2.43. The molecule has 3 aromatic rings. The van der Waals surface area contributed by atoms with Crippen LogP contribution in [0.3, 0.4) is 0 Å². The Balaban J connectivity index is 1.66. The number of aryl methyl sites for hydroxylation is 2. The van der Waals surface area contributed by atoms with Crippen LogP contribution in [0, 0.1) is 0 Å². The van der Waals surface area contributed by atoms with Crippen LogP contribution in [0.1, 0.15) is 62.8 Å². The van der Waals surface area contributed by atoms with E-state index in [1.807, 2.05) is 22.7 Å². The van der Waals surface area contributed by atoms with E-state index >= 15 is 0 Å². The standard InChI is InChI=1S/C22H28S2/c1-3-5-7-8-10-19-15-21-22(23-19)16-20(24-21)18-13-11-17(12-14-18)9-6-4-2/h11-16H,3-10H2,1-2H3. The molecule has 0 aliphatic heterocycles. The predicted molar refractivity (Wildman–Crippen MR) is 112 cm³/mol. The lowest BCUT2D eigenvalue weighted by Gasteiger charge is -2.02. The molecule has 0 amide bonds. The van der Waals surface area contributed by atoms with E-state index in [1.165, 1.54) is 76.8 Å². The number of benzene rings is 1. The average molecular weight is 357 g/mol. The van der Waals surface area contributed by atoms with Gasteiger partial charge in [-0.3, -0.25) is 0 Å². The molecule has 0 saturated heterocycles. The van der Waals surface area contributed by atoms with Gasteiger partial charge in [0, 0.05) is 19.2 Å². The number of hydrogen-bond acceptors (Lipinski definition) is 2. The van der Waals surface area contributed by atoms with Gasteiger partial charge in [-0.15, -0.1) is 22.7 Å². The second-order valence-electron chi connectivity index (χ2n) is 6.66. The number of thiophene rings is 2. The van der Waals surface area contributed by atoms with E-state index in [-0.39, 0.29) is 0 Å². The van der Waals surface area contributed by atoms with E-state index in [2.05, 4.69) is 50.2 Å². The molecule has 24 heavy (non-hydrogen) atoms. The van der Waals surface area contributed by atoms with Gasteiger partial charge in [0.2, 0.25) is 0 Å². The Morgan fingerprint density at radius 2 is 1.46 bits per heavy atom. The summed E-state index contributed by atoms with van der Waals surface area (Å²) in [6.07, 6.45) is 10.4. The van der Waals surface area contributed by atoms with Crippen LogP contribution >= 0.6 is 22.7 Å². The highest BCUT2D eigenvalue weighted by molar-refractivity contribution is 7.29. The molecule has 0 spiro atoms. The van der Waals surface area contributed by atoms with Gasteiger partial charge in [0.15, 0.2) is 0 Å². The van der Waals surface area contributed by atoms with Crippen molar-refractivity contribution in [3.05, 3.63) is 46.8 Å². The van der Waals surface area contributed by atoms with Gasteiger partial charge in [0.1, 0.15) is 0 Å². The van der Waals surface area contributed by atoms with E-state index < -0.39 is 0 Å². The number of fused-ring (bicyclic) bond motifs is 1. The second kappa shape index (κ2) is 8.82. The summed E-state index contributed by atoms with van der Waals surface area (Å²) in [5.74, 6) is 0. The van der Waals surface area contributed by atoms with Crippen LogP contribution in [0.2, 0.25) is 0 Å². The van der Waals surface area contributed by atoms with Crippen molar-refractivity contribution in [1.29, 1.82) is 0 Å². The topological polar surface area (TPSA) is 0 Å². The molecule has 0 N–H and O–H groups in total. The molecular weight excluding hydrogens is 328 g/mol. The summed E-state index contributed by atoms with van der Waals surface area (Å²) in [4.78, 5) is 2.98. The van der Waals surface area contributed by atoms with Crippen molar-refractivity contribution in [1.82, 2.24) is 0 Å². The molecule has 0 radical (unpaired) electrons. The molecular formula is C22H28S2. The zero-order valence-corrected chi connectivity index (χ0v) is 16.6. The highest BCUT2D eigenvalue weighted by atomic mass is 32.1. The minimum atomic E-state index is 1.21. The van der Waals surface area contributed by atoms with Crippen molar-refractivity contribution in [2.45, 2.75) is 65.2 Å². The van der Waals surface area contributed by atoms with Crippen molar-refractivity contribution >= 4 is 32.1 Å². The van der Waals surface area contributed by atoms with Crippen molar-refractivity contribution in [2.75, 3.05) is 0 Å². The minimum Gasteiger partial charge on any atom is -0.139 e. The summed E-state index contributed by atoms with van der Waals surface area (Å²) in [6.45, 7) is 4.53. The minimum absolute atomic E-state index is 1.21. The zero-order valence-electron chi connectivity index (χ0n) is 14.9. The van der Waals surface area contributed by atoms with E-state index in [1.54, 1.807) is 4.88 Å². The lowest BCUT2D eigenvalue weighted by Crippen LogP contribution is -1.83.